The van der Waals surface area contributed by atoms with Crippen molar-refractivity contribution in [2.24, 2.45) is 4.99 Å². The maximum absolute atomic E-state index is 4.72. The van der Waals surface area contributed by atoms with Crippen LogP contribution in [-0.2, 0) is 6.54 Å². The molecule has 2 rings (SSSR count). The molecule has 0 spiro atoms. The van der Waals surface area contributed by atoms with Crippen molar-refractivity contribution in [2.45, 2.75) is 53.1 Å². The molecule has 0 saturated carbocycles. The Labute approximate surface area is 151 Å². The molecule has 0 saturated heterocycles. The Morgan fingerprint density at radius 3 is 2.72 bits per heavy atom. The molecule has 1 unspecified atom stereocenters. The molecule has 1 aromatic carbocycles. The van der Waals surface area contributed by atoms with Gasteiger partial charge in [-0.25, -0.2) is 4.98 Å². The van der Waals surface area contributed by atoms with E-state index in [0.29, 0.717) is 0 Å². The maximum atomic E-state index is 4.72. The smallest absolute Gasteiger partial charge is 0.191 e. The number of aromatic nitrogens is 2. The van der Waals surface area contributed by atoms with E-state index in [0.717, 1.165) is 44.3 Å². The average molecular weight is 342 g/mol. The minimum absolute atomic E-state index is 0.229. The van der Waals surface area contributed by atoms with Gasteiger partial charge in [-0.15, -0.1) is 0 Å². The molecule has 2 N–H and O–H groups in total. The molecular formula is C20H31N5. The van der Waals surface area contributed by atoms with Crippen LogP contribution in [0.4, 0.5) is 0 Å². The van der Waals surface area contributed by atoms with Crippen molar-refractivity contribution in [3.8, 4) is 0 Å². The van der Waals surface area contributed by atoms with Crippen molar-refractivity contribution >= 4 is 5.96 Å². The van der Waals surface area contributed by atoms with Crippen molar-refractivity contribution in [2.75, 3.05) is 13.1 Å². The number of hydrogen-bond donors (Lipinski definition) is 2. The highest BCUT2D eigenvalue weighted by atomic mass is 15.2. The number of guanidine groups is 1. The van der Waals surface area contributed by atoms with Crippen molar-refractivity contribution < 1.29 is 0 Å². The Morgan fingerprint density at radius 2 is 2.04 bits per heavy atom. The first-order valence-corrected chi connectivity index (χ1v) is 9.20. The third-order valence-electron chi connectivity index (χ3n) is 4.35. The zero-order chi connectivity index (χ0) is 18.1. The van der Waals surface area contributed by atoms with E-state index in [1.165, 1.54) is 11.1 Å². The Hall–Kier alpha value is -2.30. The normalized spacial score (nSPS) is 12.9. The summed E-state index contributed by atoms with van der Waals surface area (Å²) >= 11 is 0. The van der Waals surface area contributed by atoms with E-state index in [1.807, 2.05) is 19.3 Å². The molecule has 0 aliphatic rings. The predicted molar refractivity (Wildman–Crippen MR) is 105 cm³/mol. The van der Waals surface area contributed by atoms with Crippen LogP contribution in [0.15, 0.2) is 41.7 Å². The van der Waals surface area contributed by atoms with Crippen LogP contribution >= 0.6 is 0 Å². The van der Waals surface area contributed by atoms with Gasteiger partial charge < -0.3 is 15.2 Å². The van der Waals surface area contributed by atoms with Crippen LogP contribution in [0.1, 0.15) is 49.7 Å². The lowest BCUT2D eigenvalue weighted by Gasteiger charge is -2.19. The quantitative estimate of drug-likeness (QED) is 0.438. The first-order valence-electron chi connectivity index (χ1n) is 9.20. The van der Waals surface area contributed by atoms with Crippen LogP contribution in [0, 0.1) is 13.8 Å². The second-order valence-corrected chi connectivity index (χ2v) is 6.36. The second kappa shape index (κ2) is 9.87. The van der Waals surface area contributed by atoms with E-state index >= 15 is 0 Å². The first kappa shape index (κ1) is 19.0. The summed E-state index contributed by atoms with van der Waals surface area (Å²) in [5, 5.41) is 6.85. The molecule has 0 fully saturated rings. The molecule has 0 amide bonds. The molecule has 5 nitrogen and oxygen atoms in total. The number of nitrogens with zero attached hydrogens (tertiary/aromatic N) is 3. The van der Waals surface area contributed by atoms with Crippen LogP contribution in [0.2, 0.25) is 0 Å². The number of aliphatic imine (C=N–C) groups is 1. The number of unbranched alkanes of at least 4 members (excludes halogenated alkanes) is 1. The molecule has 25 heavy (non-hydrogen) atoms. The summed E-state index contributed by atoms with van der Waals surface area (Å²) in [4.78, 5) is 8.97. The lowest BCUT2D eigenvalue weighted by Crippen LogP contribution is -2.39. The van der Waals surface area contributed by atoms with Gasteiger partial charge in [-0.2, -0.15) is 0 Å². The van der Waals surface area contributed by atoms with Gasteiger partial charge in [-0.1, -0.05) is 24.3 Å². The predicted octanol–water partition coefficient (Wildman–Crippen LogP) is 3.60. The van der Waals surface area contributed by atoms with Gasteiger partial charge in [0.25, 0.3) is 0 Å². The molecule has 1 atom stereocenters. The molecule has 2 aromatic rings. The number of hydrogen-bond acceptors (Lipinski definition) is 2. The fourth-order valence-corrected chi connectivity index (χ4v) is 2.90. The number of benzene rings is 1. The van der Waals surface area contributed by atoms with Gasteiger partial charge in [0.05, 0.1) is 6.04 Å². The Balaban J connectivity index is 1.83. The summed E-state index contributed by atoms with van der Waals surface area (Å²) in [7, 11) is 0. The fourth-order valence-electron chi connectivity index (χ4n) is 2.90. The van der Waals surface area contributed by atoms with Gasteiger partial charge in [0, 0.05) is 32.0 Å². The van der Waals surface area contributed by atoms with Crippen LogP contribution in [-0.4, -0.2) is 28.6 Å². The molecule has 0 aliphatic carbocycles. The van der Waals surface area contributed by atoms with Gasteiger partial charge in [-0.3, -0.25) is 4.99 Å². The highest BCUT2D eigenvalue weighted by molar-refractivity contribution is 5.80. The Kier molecular flexibility index (Phi) is 7.51. The number of nitrogens with one attached hydrogen (secondary N) is 2. The summed E-state index contributed by atoms with van der Waals surface area (Å²) in [6, 6.07) is 8.71. The van der Waals surface area contributed by atoms with Gasteiger partial charge >= 0.3 is 0 Å². The minimum atomic E-state index is 0.229. The molecule has 136 valence electrons. The van der Waals surface area contributed by atoms with Crippen LogP contribution < -0.4 is 10.6 Å². The Morgan fingerprint density at radius 1 is 1.24 bits per heavy atom. The summed E-state index contributed by atoms with van der Waals surface area (Å²) in [5.41, 5.74) is 2.61. The van der Waals surface area contributed by atoms with E-state index in [1.54, 1.807) is 0 Å². The average Bonchev–Trinajstić information content (AvgIpc) is 3.00. The summed E-state index contributed by atoms with van der Waals surface area (Å²) < 4.78 is 2.19. The largest absolute Gasteiger partial charge is 0.357 e. The molecule has 0 aliphatic heterocycles. The number of aryl methyl sites for hydroxylation is 3. The summed E-state index contributed by atoms with van der Waals surface area (Å²) in [6.07, 6.45) is 6.06. The zero-order valence-corrected chi connectivity index (χ0v) is 15.9. The lowest BCUT2D eigenvalue weighted by molar-refractivity contribution is 0.599. The third kappa shape index (κ3) is 5.93. The number of imidazole rings is 1. The van der Waals surface area contributed by atoms with Gasteiger partial charge in [0.15, 0.2) is 5.96 Å². The zero-order valence-electron chi connectivity index (χ0n) is 15.9. The molecule has 1 heterocycles. The second-order valence-electron chi connectivity index (χ2n) is 6.36. The summed E-state index contributed by atoms with van der Waals surface area (Å²) in [6.45, 7) is 11.2. The topological polar surface area (TPSA) is 54.2 Å². The van der Waals surface area contributed by atoms with Crippen molar-refractivity contribution in [3.63, 3.8) is 0 Å². The van der Waals surface area contributed by atoms with Crippen LogP contribution in [0.3, 0.4) is 0 Å². The molecule has 1 aromatic heterocycles. The highest BCUT2D eigenvalue weighted by Gasteiger charge is 2.09. The first-order chi connectivity index (χ1) is 12.1. The van der Waals surface area contributed by atoms with E-state index in [9.17, 15) is 0 Å². The van der Waals surface area contributed by atoms with E-state index in [-0.39, 0.29) is 6.04 Å². The highest BCUT2D eigenvalue weighted by Crippen LogP contribution is 2.16. The minimum Gasteiger partial charge on any atom is -0.357 e. The monoisotopic (exact) mass is 341 g/mol. The molecule has 0 radical (unpaired) electrons. The van der Waals surface area contributed by atoms with E-state index in [2.05, 4.69) is 65.2 Å². The van der Waals surface area contributed by atoms with Gasteiger partial charge in [-0.05, 0) is 51.7 Å². The van der Waals surface area contributed by atoms with Gasteiger partial charge in [0.1, 0.15) is 5.82 Å². The molecule has 5 heteroatoms. The third-order valence-corrected chi connectivity index (χ3v) is 4.35. The standard InChI is InChI=1S/C20H31N5/c1-5-21-20(24-17(3)19-11-7-6-10-16(19)2)23-12-8-9-14-25-15-13-22-18(25)4/h6-7,10-11,13,15,17H,5,8-9,12,14H2,1-4H3,(H2,21,23,24). The van der Waals surface area contributed by atoms with Crippen molar-refractivity contribution in [3.05, 3.63) is 53.6 Å². The van der Waals surface area contributed by atoms with Crippen molar-refractivity contribution in [1.82, 2.24) is 20.2 Å². The summed E-state index contributed by atoms with van der Waals surface area (Å²) in [5.74, 6) is 1.96. The SMILES string of the molecule is CCNC(=NCCCCn1ccnc1C)NC(C)c1ccccc1C. The lowest BCUT2D eigenvalue weighted by atomic mass is 10.0. The molecular weight excluding hydrogens is 310 g/mol. The van der Waals surface area contributed by atoms with Gasteiger partial charge in [0.2, 0.25) is 0 Å². The number of rotatable bonds is 8. The maximum Gasteiger partial charge on any atom is 0.191 e. The molecule has 0 bridgehead atoms. The van der Waals surface area contributed by atoms with E-state index in [4.69, 9.17) is 4.99 Å². The fraction of sp³-hybridized carbons (Fsp3) is 0.500. The Bertz CT molecular complexity index is 674. The van der Waals surface area contributed by atoms with Crippen LogP contribution in [0.5, 0.6) is 0 Å². The van der Waals surface area contributed by atoms with Crippen LogP contribution in [0.25, 0.3) is 0 Å². The van der Waals surface area contributed by atoms with Crippen molar-refractivity contribution in [1.29, 1.82) is 0 Å². The van der Waals surface area contributed by atoms with E-state index < -0.39 is 0 Å².